The third-order valence-electron chi connectivity index (χ3n) is 5.20. The minimum absolute atomic E-state index is 0.145. The molecule has 0 radical (unpaired) electrons. The number of carbonyl (C=O) groups is 1. The van der Waals surface area contributed by atoms with E-state index < -0.39 is 0 Å². The highest BCUT2D eigenvalue weighted by molar-refractivity contribution is 7.18. The van der Waals surface area contributed by atoms with Gasteiger partial charge in [0.15, 0.2) is 0 Å². The molecule has 1 amide bonds. The van der Waals surface area contributed by atoms with Crippen LogP contribution in [0.2, 0.25) is 0 Å². The Balaban J connectivity index is 1.21. The zero-order chi connectivity index (χ0) is 19.6. The Kier molecular flexibility index (Phi) is 5.12. The molecule has 4 aromatic rings. The maximum absolute atomic E-state index is 12.8. The third kappa shape index (κ3) is 3.95. The van der Waals surface area contributed by atoms with Crippen molar-refractivity contribution in [2.24, 2.45) is 0 Å². The lowest BCUT2D eigenvalue weighted by molar-refractivity contribution is -0.132. The molecule has 1 aliphatic rings. The smallest absolute Gasteiger partial charge is 0.227 e. The Hall–Kier alpha value is -2.58. The zero-order valence-electron chi connectivity index (χ0n) is 15.8. The van der Waals surface area contributed by atoms with Crippen LogP contribution >= 0.6 is 22.7 Å². The van der Waals surface area contributed by atoms with Gasteiger partial charge in [-0.05, 0) is 36.4 Å². The molecule has 3 aromatic heterocycles. The van der Waals surface area contributed by atoms with Gasteiger partial charge in [-0.15, -0.1) is 22.7 Å². The number of thiophene rings is 1. The lowest BCUT2D eigenvalue weighted by Crippen LogP contribution is -2.39. The van der Waals surface area contributed by atoms with Crippen molar-refractivity contribution in [3.63, 3.8) is 0 Å². The van der Waals surface area contributed by atoms with Crippen molar-refractivity contribution in [3.8, 4) is 10.7 Å². The average Bonchev–Trinajstić information content (AvgIpc) is 3.52. The summed E-state index contributed by atoms with van der Waals surface area (Å²) < 4.78 is 6.53. The number of amides is 1. The molecule has 5 rings (SSSR count). The molecule has 1 saturated heterocycles. The van der Waals surface area contributed by atoms with Crippen molar-refractivity contribution in [2.45, 2.75) is 31.6 Å². The summed E-state index contributed by atoms with van der Waals surface area (Å²) in [4.78, 5) is 24.9. The summed E-state index contributed by atoms with van der Waals surface area (Å²) in [5.74, 6) is 1.57. The highest BCUT2D eigenvalue weighted by Gasteiger charge is 2.27. The second-order valence-corrected chi connectivity index (χ2v) is 9.20. The number of aryl methyl sites for hydroxylation is 1. The van der Waals surface area contributed by atoms with E-state index in [9.17, 15) is 4.79 Å². The number of fused-ring (bicyclic) bond motifs is 1. The summed E-state index contributed by atoms with van der Waals surface area (Å²) in [6.45, 7) is 1.55. The number of hydrogen-bond acceptors (Lipinski definition) is 7. The van der Waals surface area contributed by atoms with Crippen LogP contribution in [0.1, 0.15) is 36.1 Å². The molecule has 0 spiro atoms. The van der Waals surface area contributed by atoms with Crippen LogP contribution in [0, 0.1) is 0 Å². The summed E-state index contributed by atoms with van der Waals surface area (Å²) in [7, 11) is 0. The van der Waals surface area contributed by atoms with Crippen molar-refractivity contribution in [3.05, 3.63) is 52.7 Å². The summed E-state index contributed by atoms with van der Waals surface area (Å²) in [5, 5.41) is 7.13. The molecule has 1 fully saturated rings. The van der Waals surface area contributed by atoms with Gasteiger partial charge in [0.2, 0.25) is 17.6 Å². The maximum atomic E-state index is 12.8. The predicted molar refractivity (Wildman–Crippen MR) is 114 cm³/mol. The van der Waals surface area contributed by atoms with E-state index in [0.29, 0.717) is 30.5 Å². The van der Waals surface area contributed by atoms with Crippen LogP contribution in [0.4, 0.5) is 0 Å². The predicted octanol–water partition coefficient (Wildman–Crippen LogP) is 4.75. The molecule has 0 bridgehead atoms. The van der Waals surface area contributed by atoms with Gasteiger partial charge in [0.25, 0.3) is 0 Å². The minimum Gasteiger partial charge on any atom is -0.342 e. The van der Waals surface area contributed by atoms with E-state index in [1.165, 1.54) is 4.70 Å². The maximum Gasteiger partial charge on any atom is 0.227 e. The summed E-state index contributed by atoms with van der Waals surface area (Å²) in [6, 6.07) is 12.1. The van der Waals surface area contributed by atoms with Gasteiger partial charge in [-0.1, -0.05) is 23.4 Å². The molecule has 0 aliphatic carbocycles. The second kappa shape index (κ2) is 8.04. The quantitative estimate of drug-likeness (QED) is 0.462. The van der Waals surface area contributed by atoms with Crippen LogP contribution in [0.3, 0.4) is 0 Å². The molecular weight excluding hydrogens is 404 g/mol. The van der Waals surface area contributed by atoms with Gasteiger partial charge in [0.05, 0.1) is 20.1 Å². The summed E-state index contributed by atoms with van der Waals surface area (Å²) in [5.41, 5.74) is 1.05. The highest BCUT2D eigenvalue weighted by atomic mass is 32.1. The number of aromatic nitrogens is 3. The Labute approximate surface area is 176 Å². The first-order chi connectivity index (χ1) is 14.3. The van der Waals surface area contributed by atoms with Gasteiger partial charge in [0, 0.05) is 31.8 Å². The number of nitrogens with zero attached hydrogens (tertiary/aromatic N) is 4. The van der Waals surface area contributed by atoms with E-state index in [2.05, 4.69) is 22.3 Å². The molecule has 1 aliphatic heterocycles. The Morgan fingerprint density at radius 1 is 1.21 bits per heavy atom. The molecule has 0 N–H and O–H groups in total. The summed E-state index contributed by atoms with van der Waals surface area (Å²) in [6.07, 6.45) is 2.95. The van der Waals surface area contributed by atoms with Crippen molar-refractivity contribution in [2.75, 3.05) is 13.1 Å². The minimum atomic E-state index is 0.145. The van der Waals surface area contributed by atoms with Gasteiger partial charge in [0.1, 0.15) is 0 Å². The number of carbonyl (C=O) groups excluding carboxylic acids is 1. The Morgan fingerprint density at radius 2 is 2.14 bits per heavy atom. The molecule has 1 atom stereocenters. The van der Waals surface area contributed by atoms with Crippen LogP contribution in [0.15, 0.2) is 46.3 Å². The number of para-hydroxylation sites is 1. The molecule has 8 heteroatoms. The van der Waals surface area contributed by atoms with Crippen LogP contribution in [0.25, 0.3) is 20.9 Å². The van der Waals surface area contributed by atoms with E-state index in [1.807, 2.05) is 34.5 Å². The molecule has 6 nitrogen and oxygen atoms in total. The van der Waals surface area contributed by atoms with Gasteiger partial charge in [-0.2, -0.15) is 4.98 Å². The molecule has 29 heavy (non-hydrogen) atoms. The number of thiazole rings is 1. The standard InChI is InChI=1S/C21H20N4O2S2/c26-19(10-9-18-23-20(24-27-18)17-8-4-12-28-17)25-11-3-5-14(13-25)21-22-15-6-1-2-7-16(15)29-21/h1-2,4,6-8,12,14H,3,5,9-11,13H2/t14-/m1/s1. The first-order valence-electron chi connectivity index (χ1n) is 9.76. The average molecular weight is 425 g/mol. The molecule has 1 aromatic carbocycles. The molecule has 4 heterocycles. The number of likely N-dealkylation sites (tertiary alicyclic amines) is 1. The van der Waals surface area contributed by atoms with Gasteiger partial charge in [-0.3, -0.25) is 4.79 Å². The van der Waals surface area contributed by atoms with E-state index in [-0.39, 0.29) is 5.91 Å². The Morgan fingerprint density at radius 3 is 3.00 bits per heavy atom. The van der Waals surface area contributed by atoms with Gasteiger partial charge >= 0.3 is 0 Å². The molecular formula is C21H20N4O2S2. The van der Waals surface area contributed by atoms with Gasteiger partial charge < -0.3 is 9.42 Å². The molecule has 0 saturated carbocycles. The SMILES string of the molecule is O=C(CCc1nc(-c2cccs2)no1)N1CCC[C@@H](c2nc3ccccc3s2)C1. The van der Waals surface area contributed by atoms with Crippen molar-refractivity contribution in [1.82, 2.24) is 20.0 Å². The first kappa shape index (κ1) is 18.4. The van der Waals surface area contributed by atoms with Crippen molar-refractivity contribution < 1.29 is 9.32 Å². The van der Waals surface area contributed by atoms with Crippen LogP contribution in [-0.4, -0.2) is 39.0 Å². The van der Waals surface area contributed by atoms with Gasteiger partial charge in [-0.25, -0.2) is 4.98 Å². The second-order valence-electron chi connectivity index (χ2n) is 7.19. The van der Waals surface area contributed by atoms with E-state index >= 15 is 0 Å². The van der Waals surface area contributed by atoms with Crippen LogP contribution in [-0.2, 0) is 11.2 Å². The fourth-order valence-corrected chi connectivity index (χ4v) is 5.45. The van der Waals surface area contributed by atoms with E-state index in [0.717, 1.165) is 41.3 Å². The fraction of sp³-hybridized carbons (Fsp3) is 0.333. The van der Waals surface area contributed by atoms with Crippen LogP contribution in [0.5, 0.6) is 0 Å². The molecule has 148 valence electrons. The van der Waals surface area contributed by atoms with Crippen molar-refractivity contribution >= 4 is 38.8 Å². The third-order valence-corrected chi connectivity index (χ3v) is 7.26. The normalized spacial score (nSPS) is 17.1. The lowest BCUT2D eigenvalue weighted by Gasteiger charge is -2.31. The van der Waals surface area contributed by atoms with E-state index in [4.69, 9.17) is 9.51 Å². The largest absolute Gasteiger partial charge is 0.342 e. The number of benzene rings is 1. The number of hydrogen-bond donors (Lipinski definition) is 0. The first-order valence-corrected chi connectivity index (χ1v) is 11.5. The number of rotatable bonds is 5. The van der Waals surface area contributed by atoms with E-state index in [1.54, 1.807) is 22.7 Å². The molecule has 0 unspecified atom stereocenters. The van der Waals surface area contributed by atoms with Crippen molar-refractivity contribution in [1.29, 1.82) is 0 Å². The monoisotopic (exact) mass is 424 g/mol. The number of piperidine rings is 1. The fourth-order valence-electron chi connectivity index (χ4n) is 3.70. The van der Waals surface area contributed by atoms with Crippen LogP contribution < -0.4 is 0 Å². The zero-order valence-corrected chi connectivity index (χ0v) is 17.4. The lowest BCUT2D eigenvalue weighted by atomic mass is 9.98. The Bertz CT molecular complexity index is 1090. The summed E-state index contributed by atoms with van der Waals surface area (Å²) >= 11 is 3.32. The topological polar surface area (TPSA) is 72.1 Å². The highest BCUT2D eigenvalue weighted by Crippen LogP contribution is 2.33.